The SMILES string of the molecule is Oc1cc(-c2nc3c4c(nc(OCC56CCCN5CCC6)nc4c2F)N2CC(F)NC(F)C2CCC3)c2c(Cl)c(F)ccc2c1. The van der Waals surface area contributed by atoms with E-state index in [0.717, 1.165) is 38.8 Å². The Morgan fingerprint density at radius 3 is 2.64 bits per heavy atom. The highest BCUT2D eigenvalue weighted by atomic mass is 35.5. The Kier molecular flexibility index (Phi) is 6.95. The molecule has 0 bridgehead atoms. The molecule has 2 aromatic heterocycles. The number of hydrogen-bond donors (Lipinski definition) is 2. The fourth-order valence-corrected chi connectivity index (χ4v) is 8.17. The number of pyridine rings is 1. The number of nitrogens with zero attached hydrogens (tertiary/aromatic N) is 5. The zero-order chi connectivity index (χ0) is 31.0. The average molecular weight is 643 g/mol. The molecule has 4 aromatic rings. The second-order valence-corrected chi connectivity index (χ2v) is 13.0. The lowest BCUT2D eigenvalue weighted by atomic mass is 9.95. The molecule has 8 nitrogen and oxygen atoms in total. The van der Waals surface area contributed by atoms with Crippen LogP contribution >= 0.6 is 11.6 Å². The molecule has 2 aromatic carbocycles. The molecule has 0 saturated carbocycles. The highest BCUT2D eigenvalue weighted by Crippen LogP contribution is 2.44. The molecule has 6 heterocycles. The van der Waals surface area contributed by atoms with Crippen molar-refractivity contribution in [3.05, 3.63) is 46.6 Å². The van der Waals surface area contributed by atoms with E-state index in [0.29, 0.717) is 36.9 Å². The Labute approximate surface area is 261 Å². The van der Waals surface area contributed by atoms with Gasteiger partial charge >= 0.3 is 6.01 Å². The van der Waals surface area contributed by atoms with Gasteiger partial charge in [0.25, 0.3) is 0 Å². The number of nitrogens with one attached hydrogen (secondary N) is 1. The number of anilines is 1. The largest absolute Gasteiger partial charge is 0.508 e. The van der Waals surface area contributed by atoms with Crippen molar-refractivity contribution >= 4 is 39.1 Å². The van der Waals surface area contributed by atoms with Crippen molar-refractivity contribution in [1.29, 1.82) is 0 Å². The van der Waals surface area contributed by atoms with E-state index >= 15 is 8.78 Å². The van der Waals surface area contributed by atoms with Crippen LogP contribution in [0.5, 0.6) is 11.8 Å². The molecule has 3 saturated heterocycles. The zero-order valence-electron chi connectivity index (χ0n) is 24.3. The lowest BCUT2D eigenvalue weighted by molar-refractivity contribution is 0.102. The fourth-order valence-electron chi connectivity index (χ4n) is 7.89. The van der Waals surface area contributed by atoms with E-state index in [1.54, 1.807) is 0 Å². The molecular weight excluding hydrogens is 612 g/mol. The Bertz CT molecular complexity index is 1840. The van der Waals surface area contributed by atoms with Gasteiger partial charge in [-0.1, -0.05) is 17.7 Å². The summed E-state index contributed by atoms with van der Waals surface area (Å²) in [7, 11) is 0. The monoisotopic (exact) mass is 642 g/mol. The highest BCUT2D eigenvalue weighted by Gasteiger charge is 2.45. The molecule has 3 atom stereocenters. The Balaban J connectivity index is 1.35. The van der Waals surface area contributed by atoms with E-state index in [9.17, 15) is 13.9 Å². The van der Waals surface area contributed by atoms with Gasteiger partial charge in [-0.2, -0.15) is 9.97 Å². The maximum Gasteiger partial charge on any atom is 0.319 e. The molecule has 13 heteroatoms. The number of aromatic hydroxyl groups is 1. The number of aryl methyl sites for hydroxylation is 1. The van der Waals surface area contributed by atoms with Crippen molar-refractivity contribution in [1.82, 2.24) is 25.2 Å². The minimum absolute atomic E-state index is 0.0916. The lowest BCUT2D eigenvalue weighted by Gasteiger charge is -2.42. The Morgan fingerprint density at radius 1 is 1.04 bits per heavy atom. The van der Waals surface area contributed by atoms with Gasteiger partial charge in [0.1, 0.15) is 35.2 Å². The van der Waals surface area contributed by atoms with Crippen LogP contribution in [0, 0.1) is 11.6 Å². The number of piperazine rings is 1. The van der Waals surface area contributed by atoms with E-state index in [1.807, 2.05) is 0 Å². The van der Waals surface area contributed by atoms with Gasteiger partial charge in [0.05, 0.1) is 34.2 Å². The van der Waals surface area contributed by atoms with Crippen LogP contribution in [0.3, 0.4) is 0 Å². The molecule has 236 valence electrons. The van der Waals surface area contributed by atoms with Crippen molar-refractivity contribution in [2.45, 2.75) is 69.1 Å². The molecular formula is C32H31ClF4N6O2. The van der Waals surface area contributed by atoms with Gasteiger partial charge in [-0.05, 0) is 81.6 Å². The minimum Gasteiger partial charge on any atom is -0.508 e. The van der Waals surface area contributed by atoms with E-state index < -0.39 is 30.3 Å². The molecule has 8 rings (SSSR count). The Hall–Kier alpha value is -3.48. The van der Waals surface area contributed by atoms with Gasteiger partial charge in [0, 0.05) is 10.9 Å². The number of phenols is 1. The summed E-state index contributed by atoms with van der Waals surface area (Å²) in [4.78, 5) is 17.9. The van der Waals surface area contributed by atoms with Crippen molar-refractivity contribution in [2.75, 3.05) is 31.1 Å². The number of halogens is 5. The van der Waals surface area contributed by atoms with Crippen LogP contribution in [0.1, 0.15) is 44.2 Å². The molecule has 0 aliphatic carbocycles. The maximum atomic E-state index is 16.9. The first kappa shape index (κ1) is 29.0. The van der Waals surface area contributed by atoms with Crippen LogP contribution < -0.4 is 15.0 Å². The molecule has 3 fully saturated rings. The third-order valence-electron chi connectivity index (χ3n) is 9.97. The summed E-state index contributed by atoms with van der Waals surface area (Å²) in [6, 6.07) is 4.49. The fraction of sp³-hybridized carbons (Fsp3) is 0.469. The van der Waals surface area contributed by atoms with Gasteiger partial charge in [0.15, 0.2) is 18.4 Å². The summed E-state index contributed by atoms with van der Waals surface area (Å²) < 4.78 is 67.8. The quantitative estimate of drug-likeness (QED) is 0.201. The molecule has 45 heavy (non-hydrogen) atoms. The number of ether oxygens (including phenoxy) is 1. The van der Waals surface area contributed by atoms with Crippen LogP contribution in [0.4, 0.5) is 23.4 Å². The number of hydrogen-bond acceptors (Lipinski definition) is 8. The molecule has 4 aliphatic rings. The summed E-state index contributed by atoms with van der Waals surface area (Å²) in [5, 5.41) is 13.5. The summed E-state index contributed by atoms with van der Waals surface area (Å²) >= 11 is 6.40. The number of fused-ring (bicyclic) bond motifs is 4. The molecule has 3 unspecified atom stereocenters. The first-order valence-corrected chi connectivity index (χ1v) is 15.8. The maximum absolute atomic E-state index is 16.9. The van der Waals surface area contributed by atoms with Gasteiger partial charge in [0.2, 0.25) is 0 Å². The van der Waals surface area contributed by atoms with Crippen molar-refractivity contribution in [2.24, 2.45) is 0 Å². The topological polar surface area (TPSA) is 86.6 Å². The summed E-state index contributed by atoms with van der Waals surface area (Å²) in [6.07, 6.45) is 1.86. The van der Waals surface area contributed by atoms with E-state index in [-0.39, 0.29) is 62.2 Å². The van der Waals surface area contributed by atoms with E-state index in [2.05, 4.69) is 20.2 Å². The van der Waals surface area contributed by atoms with E-state index in [1.165, 1.54) is 29.2 Å². The predicted octanol–water partition coefficient (Wildman–Crippen LogP) is 6.20. The molecule has 0 amide bonds. The first-order valence-electron chi connectivity index (χ1n) is 15.4. The van der Waals surface area contributed by atoms with Crippen LogP contribution in [0.2, 0.25) is 5.02 Å². The number of phenolic OH excluding ortho intramolecular Hbond substituents is 1. The minimum atomic E-state index is -1.68. The zero-order valence-corrected chi connectivity index (χ0v) is 25.1. The van der Waals surface area contributed by atoms with Crippen LogP contribution in [-0.2, 0) is 6.42 Å². The van der Waals surface area contributed by atoms with Crippen LogP contribution in [-0.4, -0.2) is 75.4 Å². The average Bonchev–Trinajstić information content (AvgIpc) is 3.59. The van der Waals surface area contributed by atoms with Gasteiger partial charge in [-0.3, -0.25) is 10.2 Å². The van der Waals surface area contributed by atoms with Gasteiger partial charge < -0.3 is 14.7 Å². The predicted molar refractivity (Wildman–Crippen MR) is 162 cm³/mol. The van der Waals surface area contributed by atoms with Gasteiger partial charge in [-0.25, -0.2) is 22.5 Å². The molecule has 0 radical (unpaired) electrons. The van der Waals surface area contributed by atoms with Crippen LogP contribution in [0.25, 0.3) is 32.9 Å². The number of aromatic nitrogens is 3. The summed E-state index contributed by atoms with van der Waals surface area (Å²) in [5.41, 5.74) is 0.0580. The van der Waals surface area contributed by atoms with E-state index in [4.69, 9.17) is 21.3 Å². The van der Waals surface area contributed by atoms with Crippen molar-refractivity contribution in [3.63, 3.8) is 0 Å². The third-order valence-corrected chi connectivity index (χ3v) is 10.3. The van der Waals surface area contributed by atoms with Crippen molar-refractivity contribution < 1.29 is 27.4 Å². The summed E-state index contributed by atoms with van der Waals surface area (Å²) in [6.45, 7) is 2.07. The molecule has 2 N–H and O–H groups in total. The highest BCUT2D eigenvalue weighted by molar-refractivity contribution is 6.37. The number of alkyl halides is 2. The normalized spacial score (nSPS) is 24.5. The van der Waals surface area contributed by atoms with Crippen molar-refractivity contribution in [3.8, 4) is 23.0 Å². The summed E-state index contributed by atoms with van der Waals surface area (Å²) in [5.74, 6) is -1.58. The second kappa shape index (κ2) is 10.8. The smallest absolute Gasteiger partial charge is 0.319 e. The Morgan fingerprint density at radius 2 is 1.84 bits per heavy atom. The first-order chi connectivity index (χ1) is 21.7. The number of rotatable bonds is 4. The number of benzene rings is 2. The van der Waals surface area contributed by atoms with Crippen LogP contribution in [0.15, 0.2) is 24.3 Å². The molecule has 4 aliphatic heterocycles. The third kappa shape index (κ3) is 4.67. The lowest BCUT2D eigenvalue weighted by Crippen LogP contribution is -2.60. The second-order valence-electron chi connectivity index (χ2n) is 12.6. The van der Waals surface area contributed by atoms with Gasteiger partial charge in [-0.15, -0.1) is 0 Å². The standard InChI is InChI=1S/C32H31ClF4N6O2/c33-25-19(34)7-6-16-12-17(44)13-18(23(16)25)27-26(36)28-24-20(38-27)4-1-5-21-29(37)39-22(35)14-43(21)30(24)41-31(40-28)45-15-32-8-2-10-42(32)11-3-9-32/h6-7,12-13,21-22,29,39,44H,1-5,8-11,14-15H2. The molecule has 0 spiro atoms.